The van der Waals surface area contributed by atoms with Gasteiger partial charge in [-0.05, 0) is 50.2 Å². The van der Waals surface area contributed by atoms with Crippen molar-refractivity contribution in [1.82, 2.24) is 21.3 Å². The van der Waals surface area contributed by atoms with Crippen LogP contribution < -0.4 is 21.3 Å². The summed E-state index contributed by atoms with van der Waals surface area (Å²) >= 11 is 1.45. The second kappa shape index (κ2) is 13.9. The molecule has 3 amide bonds. The summed E-state index contributed by atoms with van der Waals surface area (Å²) in [5.41, 5.74) is 0. The molecule has 11 nitrogen and oxygen atoms in total. The number of nitrogens with one attached hydrogen (secondary N) is 4. The zero-order valence-corrected chi connectivity index (χ0v) is 19.5. The first-order valence-corrected chi connectivity index (χ1v) is 12.0. The maximum absolute atomic E-state index is 12.9. The third kappa shape index (κ3) is 9.43. The molecule has 0 radical (unpaired) electrons. The van der Waals surface area contributed by atoms with E-state index in [2.05, 4.69) is 21.3 Å². The van der Waals surface area contributed by atoms with E-state index in [0.29, 0.717) is 18.7 Å². The Kier molecular flexibility index (Phi) is 12.1. The van der Waals surface area contributed by atoms with Crippen LogP contribution in [0.4, 0.5) is 0 Å². The Balaban J connectivity index is 2.91. The van der Waals surface area contributed by atoms with Crippen molar-refractivity contribution >= 4 is 41.4 Å². The maximum Gasteiger partial charge on any atom is 0.326 e. The number of rotatable bonds is 14. The van der Waals surface area contributed by atoms with E-state index < -0.39 is 53.8 Å². The normalized spacial score (nSPS) is 18.4. The predicted octanol–water partition coefficient (Wildman–Crippen LogP) is -0.449. The minimum atomic E-state index is -1.18. The molecule has 0 saturated carbocycles. The summed E-state index contributed by atoms with van der Waals surface area (Å²) in [4.78, 5) is 60.5. The molecule has 0 spiro atoms. The number of hydrogen-bond donors (Lipinski definition) is 6. The maximum atomic E-state index is 12.9. The summed E-state index contributed by atoms with van der Waals surface area (Å²) < 4.78 is 0. The fourth-order valence-electron chi connectivity index (χ4n) is 3.26. The largest absolute Gasteiger partial charge is 0.481 e. The van der Waals surface area contributed by atoms with Crippen molar-refractivity contribution in [2.45, 2.75) is 70.1 Å². The van der Waals surface area contributed by atoms with Crippen molar-refractivity contribution in [2.75, 3.05) is 18.6 Å². The number of carboxylic acid groups (broad SMARTS) is 2. The summed E-state index contributed by atoms with van der Waals surface area (Å²) in [7, 11) is 0. The number of thioether (sulfide) groups is 1. The van der Waals surface area contributed by atoms with E-state index in [0.717, 1.165) is 6.42 Å². The lowest BCUT2D eigenvalue weighted by Gasteiger charge is -2.26. The zero-order valence-electron chi connectivity index (χ0n) is 18.7. The number of aliphatic carboxylic acids is 2. The lowest BCUT2D eigenvalue weighted by atomic mass is 10.0. The molecule has 0 aromatic rings. The quantitative estimate of drug-likeness (QED) is 0.195. The standard InChI is InChI=1S/C20H34N4O7S/c1-11(2)16(20(30)31)24-19(29)14(8-10-32-3)23-18(28)13(6-7-15(25)26)22-17(27)12-5-4-9-21-12/h11-14,16,21H,4-10H2,1-3H3,(H,22,27)(H,23,28)(H,24,29)(H,25,26)(H,30,31). The summed E-state index contributed by atoms with van der Waals surface area (Å²) in [6.45, 7) is 3.99. The highest BCUT2D eigenvalue weighted by atomic mass is 32.2. The van der Waals surface area contributed by atoms with Crippen molar-refractivity contribution in [1.29, 1.82) is 0 Å². The van der Waals surface area contributed by atoms with E-state index in [1.54, 1.807) is 13.8 Å². The molecule has 12 heteroatoms. The van der Waals surface area contributed by atoms with Gasteiger partial charge in [0.05, 0.1) is 6.04 Å². The van der Waals surface area contributed by atoms with E-state index in [-0.39, 0.29) is 25.2 Å². The Morgan fingerprint density at radius 1 is 1.00 bits per heavy atom. The highest BCUT2D eigenvalue weighted by molar-refractivity contribution is 7.98. The Morgan fingerprint density at radius 3 is 2.12 bits per heavy atom. The Morgan fingerprint density at radius 2 is 1.62 bits per heavy atom. The molecule has 32 heavy (non-hydrogen) atoms. The second-order valence-electron chi connectivity index (χ2n) is 8.05. The van der Waals surface area contributed by atoms with Gasteiger partial charge in [-0.1, -0.05) is 13.8 Å². The molecule has 6 N–H and O–H groups in total. The lowest BCUT2D eigenvalue weighted by Crippen LogP contribution is -2.57. The highest BCUT2D eigenvalue weighted by Crippen LogP contribution is 2.09. The zero-order chi connectivity index (χ0) is 24.3. The molecule has 1 rings (SSSR count). The average Bonchev–Trinajstić information content (AvgIpc) is 3.26. The smallest absolute Gasteiger partial charge is 0.326 e. The Bertz CT molecular complexity index is 683. The van der Waals surface area contributed by atoms with Gasteiger partial charge in [-0.3, -0.25) is 19.2 Å². The van der Waals surface area contributed by atoms with Crippen LogP contribution in [-0.2, 0) is 24.0 Å². The van der Waals surface area contributed by atoms with Crippen LogP contribution in [0.1, 0.15) is 46.0 Å². The van der Waals surface area contributed by atoms with Crippen LogP contribution in [0.2, 0.25) is 0 Å². The van der Waals surface area contributed by atoms with Gasteiger partial charge in [0.2, 0.25) is 17.7 Å². The minimum Gasteiger partial charge on any atom is -0.481 e. The number of hydrogen-bond acceptors (Lipinski definition) is 7. The van der Waals surface area contributed by atoms with Gasteiger partial charge in [0.25, 0.3) is 0 Å². The molecule has 1 aliphatic rings. The average molecular weight is 475 g/mol. The minimum absolute atomic E-state index is 0.139. The molecule has 0 aromatic carbocycles. The molecular formula is C20H34N4O7S. The molecular weight excluding hydrogens is 440 g/mol. The van der Waals surface area contributed by atoms with Gasteiger partial charge in [-0.15, -0.1) is 0 Å². The lowest BCUT2D eigenvalue weighted by molar-refractivity contribution is -0.143. The van der Waals surface area contributed by atoms with Gasteiger partial charge in [-0.2, -0.15) is 11.8 Å². The second-order valence-corrected chi connectivity index (χ2v) is 9.04. The number of carbonyl (C=O) groups is 5. The number of carboxylic acids is 2. The van der Waals surface area contributed by atoms with E-state index in [1.165, 1.54) is 11.8 Å². The Labute approximate surface area is 191 Å². The van der Waals surface area contributed by atoms with Crippen LogP contribution in [0.15, 0.2) is 0 Å². The molecule has 182 valence electrons. The molecule has 1 fully saturated rings. The number of amides is 3. The summed E-state index contributed by atoms with van der Waals surface area (Å²) in [6, 6.07) is -3.73. The molecule has 1 saturated heterocycles. The van der Waals surface area contributed by atoms with Crippen molar-refractivity contribution in [3.05, 3.63) is 0 Å². The Hall–Kier alpha value is -2.34. The monoisotopic (exact) mass is 474 g/mol. The van der Waals surface area contributed by atoms with Crippen molar-refractivity contribution < 1.29 is 34.2 Å². The molecule has 0 aromatic heterocycles. The first-order chi connectivity index (χ1) is 15.1. The number of carbonyl (C=O) groups excluding carboxylic acids is 3. The van der Waals surface area contributed by atoms with Crippen LogP contribution >= 0.6 is 11.8 Å². The van der Waals surface area contributed by atoms with Crippen LogP contribution in [0, 0.1) is 5.92 Å². The topological polar surface area (TPSA) is 174 Å². The summed E-state index contributed by atoms with van der Waals surface area (Å²) in [5.74, 6) is -3.87. The van der Waals surface area contributed by atoms with E-state index in [4.69, 9.17) is 5.11 Å². The van der Waals surface area contributed by atoms with Gasteiger partial charge >= 0.3 is 11.9 Å². The van der Waals surface area contributed by atoms with E-state index in [1.807, 2.05) is 6.26 Å². The van der Waals surface area contributed by atoms with Crippen molar-refractivity contribution in [3.63, 3.8) is 0 Å². The van der Waals surface area contributed by atoms with Crippen molar-refractivity contribution in [2.24, 2.45) is 5.92 Å². The van der Waals surface area contributed by atoms with Crippen LogP contribution in [0.5, 0.6) is 0 Å². The first kappa shape index (κ1) is 27.7. The summed E-state index contributed by atoms with van der Waals surface area (Å²) in [5, 5.41) is 28.9. The molecule has 0 aliphatic carbocycles. The van der Waals surface area contributed by atoms with Crippen molar-refractivity contribution in [3.8, 4) is 0 Å². The van der Waals surface area contributed by atoms with Crippen LogP contribution in [0.3, 0.4) is 0 Å². The fourth-order valence-corrected chi connectivity index (χ4v) is 3.73. The predicted molar refractivity (Wildman–Crippen MR) is 119 cm³/mol. The highest BCUT2D eigenvalue weighted by Gasteiger charge is 2.32. The molecule has 0 bridgehead atoms. The van der Waals surface area contributed by atoms with E-state index >= 15 is 0 Å². The fraction of sp³-hybridized carbons (Fsp3) is 0.750. The molecule has 1 aliphatic heterocycles. The van der Waals surface area contributed by atoms with Crippen LogP contribution in [0.25, 0.3) is 0 Å². The first-order valence-electron chi connectivity index (χ1n) is 10.6. The molecule has 1 heterocycles. The third-order valence-electron chi connectivity index (χ3n) is 5.13. The van der Waals surface area contributed by atoms with Gasteiger partial charge in [0.1, 0.15) is 18.1 Å². The molecule has 4 atom stereocenters. The third-order valence-corrected chi connectivity index (χ3v) is 5.77. The van der Waals surface area contributed by atoms with Gasteiger partial charge in [0, 0.05) is 6.42 Å². The van der Waals surface area contributed by atoms with Gasteiger partial charge in [-0.25, -0.2) is 4.79 Å². The van der Waals surface area contributed by atoms with Gasteiger partial charge in [0.15, 0.2) is 0 Å². The van der Waals surface area contributed by atoms with E-state index in [9.17, 15) is 29.1 Å². The SMILES string of the molecule is CSCCC(NC(=O)C(CCC(=O)O)NC(=O)C1CCCN1)C(=O)NC(C(=O)O)C(C)C. The molecule has 4 unspecified atom stereocenters. The van der Waals surface area contributed by atoms with Crippen LogP contribution in [-0.4, -0.2) is 82.6 Å². The van der Waals surface area contributed by atoms with Gasteiger partial charge < -0.3 is 31.5 Å². The summed E-state index contributed by atoms with van der Waals surface area (Å²) in [6.07, 6.45) is 3.03.